The van der Waals surface area contributed by atoms with Gasteiger partial charge in [-0.1, -0.05) is 0 Å². The van der Waals surface area contributed by atoms with Gasteiger partial charge in [-0.05, 0) is 19.1 Å². The highest BCUT2D eigenvalue weighted by atomic mass is 32.1. The summed E-state index contributed by atoms with van der Waals surface area (Å²) in [6.45, 7) is 1.65. The van der Waals surface area contributed by atoms with Gasteiger partial charge in [-0.15, -0.1) is 0 Å². The van der Waals surface area contributed by atoms with E-state index >= 15 is 0 Å². The quantitative estimate of drug-likeness (QED) is 0.603. The van der Waals surface area contributed by atoms with Crippen molar-refractivity contribution in [2.24, 2.45) is 0 Å². The van der Waals surface area contributed by atoms with Crippen molar-refractivity contribution >= 4 is 12.2 Å². The number of hydrogen-bond acceptors (Lipinski definition) is 1. The second-order valence-electron chi connectivity index (χ2n) is 3.29. The van der Waals surface area contributed by atoms with Crippen LogP contribution in [0.4, 0.5) is 13.2 Å². The number of aromatic amines is 1. The van der Waals surface area contributed by atoms with Gasteiger partial charge in [0.1, 0.15) is 5.82 Å². The molecule has 2 nitrogen and oxygen atoms in total. The topological polar surface area (TPSA) is 20.7 Å². The summed E-state index contributed by atoms with van der Waals surface area (Å²) in [5.74, 6) is -3.21. The third kappa shape index (κ3) is 1.65. The summed E-state index contributed by atoms with van der Waals surface area (Å²) < 4.78 is 40.9. The molecule has 0 aliphatic carbocycles. The second kappa shape index (κ2) is 3.79. The molecule has 84 valence electrons. The Hall–Kier alpha value is -1.56. The molecule has 0 amide bonds. The van der Waals surface area contributed by atoms with E-state index in [4.69, 9.17) is 12.2 Å². The van der Waals surface area contributed by atoms with Crippen LogP contribution in [0.1, 0.15) is 5.69 Å². The Kier molecular flexibility index (Phi) is 2.59. The fourth-order valence-corrected chi connectivity index (χ4v) is 1.76. The summed E-state index contributed by atoms with van der Waals surface area (Å²) in [6.07, 6.45) is 1.53. The Morgan fingerprint density at radius 3 is 2.50 bits per heavy atom. The Bertz CT molecular complexity index is 601. The van der Waals surface area contributed by atoms with E-state index in [1.54, 1.807) is 6.92 Å². The molecule has 2 aromatic rings. The number of aryl methyl sites for hydroxylation is 1. The number of aromatic nitrogens is 2. The van der Waals surface area contributed by atoms with E-state index in [1.807, 2.05) is 0 Å². The molecule has 0 saturated heterocycles. The molecule has 2 rings (SSSR count). The summed E-state index contributed by atoms with van der Waals surface area (Å²) in [4.78, 5) is 2.67. The van der Waals surface area contributed by atoms with E-state index in [0.717, 1.165) is 6.07 Å². The molecule has 16 heavy (non-hydrogen) atoms. The van der Waals surface area contributed by atoms with Crippen molar-refractivity contribution in [3.8, 4) is 5.69 Å². The zero-order chi connectivity index (χ0) is 11.9. The molecule has 0 atom stereocenters. The van der Waals surface area contributed by atoms with Gasteiger partial charge in [0.25, 0.3) is 0 Å². The number of rotatable bonds is 1. The first-order chi connectivity index (χ1) is 7.50. The molecule has 1 aromatic carbocycles. The van der Waals surface area contributed by atoms with Crippen LogP contribution in [0.25, 0.3) is 5.69 Å². The largest absolute Gasteiger partial charge is 0.337 e. The number of nitrogens with zero attached hydrogens (tertiary/aromatic N) is 1. The highest BCUT2D eigenvalue weighted by Crippen LogP contribution is 2.20. The van der Waals surface area contributed by atoms with Crippen molar-refractivity contribution in [1.29, 1.82) is 0 Å². The predicted molar refractivity (Wildman–Crippen MR) is 55.6 cm³/mol. The zero-order valence-electron chi connectivity index (χ0n) is 8.22. The number of hydrogen-bond donors (Lipinski definition) is 1. The third-order valence-corrected chi connectivity index (χ3v) is 2.48. The Balaban J connectivity index is 2.79. The van der Waals surface area contributed by atoms with Crippen LogP contribution in [0.5, 0.6) is 0 Å². The number of halogens is 3. The molecular weight excluding hydrogens is 237 g/mol. The van der Waals surface area contributed by atoms with Gasteiger partial charge < -0.3 is 4.98 Å². The SMILES string of the molecule is Cc1c[nH]c(=S)n1-c1cc(F)cc(F)c1F. The van der Waals surface area contributed by atoms with Gasteiger partial charge in [-0.2, -0.15) is 0 Å². The number of H-pyrrole nitrogens is 1. The average molecular weight is 244 g/mol. The lowest BCUT2D eigenvalue weighted by molar-refractivity contribution is 0.490. The van der Waals surface area contributed by atoms with Crippen molar-refractivity contribution < 1.29 is 13.2 Å². The average Bonchev–Trinajstić information content (AvgIpc) is 2.53. The minimum Gasteiger partial charge on any atom is -0.337 e. The maximum Gasteiger partial charge on any atom is 0.183 e. The van der Waals surface area contributed by atoms with Crippen LogP contribution < -0.4 is 0 Å². The number of imidazole rings is 1. The van der Waals surface area contributed by atoms with Gasteiger partial charge in [0, 0.05) is 24.0 Å². The third-order valence-electron chi connectivity index (χ3n) is 2.18. The van der Waals surface area contributed by atoms with Gasteiger partial charge in [-0.3, -0.25) is 4.57 Å². The van der Waals surface area contributed by atoms with E-state index in [1.165, 1.54) is 10.8 Å². The molecular formula is C10H7F3N2S. The van der Waals surface area contributed by atoms with Crippen LogP contribution in [0.2, 0.25) is 0 Å². The van der Waals surface area contributed by atoms with Crippen LogP contribution in [0, 0.1) is 29.1 Å². The van der Waals surface area contributed by atoms with Crippen molar-refractivity contribution in [2.45, 2.75) is 6.92 Å². The molecule has 1 N–H and O–H groups in total. The van der Waals surface area contributed by atoms with E-state index in [9.17, 15) is 13.2 Å². The standard InChI is InChI=1S/C10H7F3N2S/c1-5-4-14-10(16)15(5)8-3-6(11)2-7(12)9(8)13/h2-4H,1H3,(H,14,16). The maximum atomic E-state index is 13.5. The van der Waals surface area contributed by atoms with Crippen LogP contribution in [0.3, 0.4) is 0 Å². The van der Waals surface area contributed by atoms with Gasteiger partial charge >= 0.3 is 0 Å². The van der Waals surface area contributed by atoms with Crippen LogP contribution in [-0.4, -0.2) is 9.55 Å². The first kappa shape index (κ1) is 10.9. The molecule has 0 aliphatic heterocycles. The smallest absolute Gasteiger partial charge is 0.183 e. The molecule has 1 aromatic heterocycles. The summed E-state index contributed by atoms with van der Waals surface area (Å²) in [5, 5.41) is 0. The van der Waals surface area contributed by atoms with Crippen molar-refractivity contribution in [3.63, 3.8) is 0 Å². The lowest BCUT2D eigenvalue weighted by Gasteiger charge is -2.07. The lowest BCUT2D eigenvalue weighted by atomic mass is 10.2. The first-order valence-corrected chi connectivity index (χ1v) is 4.83. The second-order valence-corrected chi connectivity index (χ2v) is 3.68. The predicted octanol–water partition coefficient (Wildman–Crippen LogP) is 3.26. The van der Waals surface area contributed by atoms with Crippen molar-refractivity contribution in [1.82, 2.24) is 9.55 Å². The van der Waals surface area contributed by atoms with Gasteiger partial charge in [0.05, 0.1) is 5.69 Å². The molecule has 0 saturated carbocycles. The van der Waals surface area contributed by atoms with E-state index in [-0.39, 0.29) is 10.5 Å². The summed E-state index contributed by atoms with van der Waals surface area (Å²) in [5.41, 5.74) is 0.329. The molecule has 6 heteroatoms. The molecule has 1 heterocycles. The molecule has 0 unspecified atom stereocenters. The number of benzene rings is 1. The summed E-state index contributed by atoms with van der Waals surface area (Å²) in [7, 11) is 0. The van der Waals surface area contributed by atoms with Gasteiger partial charge in [-0.25, -0.2) is 13.2 Å². The van der Waals surface area contributed by atoms with E-state index in [2.05, 4.69) is 4.98 Å². The maximum absolute atomic E-state index is 13.5. The minimum absolute atomic E-state index is 0.182. The highest BCUT2D eigenvalue weighted by Gasteiger charge is 2.14. The van der Waals surface area contributed by atoms with Crippen LogP contribution in [0.15, 0.2) is 18.3 Å². The Morgan fingerprint density at radius 2 is 1.94 bits per heavy atom. The Labute approximate surface area is 94.3 Å². The van der Waals surface area contributed by atoms with Gasteiger partial charge in [0.15, 0.2) is 16.4 Å². The fraction of sp³-hybridized carbons (Fsp3) is 0.100. The Morgan fingerprint density at radius 1 is 1.25 bits per heavy atom. The lowest BCUT2D eigenvalue weighted by Crippen LogP contribution is -2.03. The van der Waals surface area contributed by atoms with Crippen LogP contribution in [-0.2, 0) is 0 Å². The van der Waals surface area contributed by atoms with Crippen LogP contribution >= 0.6 is 12.2 Å². The van der Waals surface area contributed by atoms with Crippen molar-refractivity contribution in [2.75, 3.05) is 0 Å². The molecule has 0 aliphatic rings. The highest BCUT2D eigenvalue weighted by molar-refractivity contribution is 7.71. The normalized spacial score (nSPS) is 10.8. The molecule has 0 bridgehead atoms. The molecule has 0 spiro atoms. The minimum atomic E-state index is -1.24. The fourth-order valence-electron chi connectivity index (χ4n) is 1.46. The first-order valence-electron chi connectivity index (χ1n) is 4.42. The summed E-state index contributed by atoms with van der Waals surface area (Å²) >= 11 is 4.90. The zero-order valence-corrected chi connectivity index (χ0v) is 9.04. The van der Waals surface area contributed by atoms with Gasteiger partial charge in [0.2, 0.25) is 0 Å². The monoisotopic (exact) mass is 244 g/mol. The molecule has 0 fully saturated rings. The van der Waals surface area contributed by atoms with E-state index < -0.39 is 17.5 Å². The number of nitrogens with one attached hydrogen (secondary N) is 1. The van der Waals surface area contributed by atoms with E-state index in [0.29, 0.717) is 11.8 Å². The molecule has 0 radical (unpaired) electrons. The van der Waals surface area contributed by atoms with Crippen molar-refractivity contribution in [3.05, 3.63) is 46.2 Å². The summed E-state index contributed by atoms with van der Waals surface area (Å²) in [6, 6.07) is 1.39.